The smallest absolute Gasteiger partial charge is 0.416 e. The van der Waals surface area contributed by atoms with E-state index in [1.165, 1.54) is 4.90 Å². The summed E-state index contributed by atoms with van der Waals surface area (Å²) in [4.78, 5) is 28.2. The summed E-state index contributed by atoms with van der Waals surface area (Å²) < 4.78 is 5.03. The molecule has 1 saturated heterocycles. The lowest BCUT2D eigenvalue weighted by atomic mass is 10.0. The summed E-state index contributed by atoms with van der Waals surface area (Å²) in [7, 11) is 0. The number of carbonyl (C=O) groups excluding carboxylic acids is 2. The van der Waals surface area contributed by atoms with Crippen LogP contribution in [-0.2, 0) is 16.0 Å². The molecular weight excluding hydrogens is 284 g/mol. The molecule has 1 heterocycles. The summed E-state index contributed by atoms with van der Waals surface area (Å²) in [6.45, 7) is 2.17. The minimum absolute atomic E-state index is 0.211. The number of imide groups is 1. The van der Waals surface area contributed by atoms with E-state index in [0.717, 1.165) is 5.56 Å². The van der Waals surface area contributed by atoms with Gasteiger partial charge in [0.2, 0.25) is 5.91 Å². The van der Waals surface area contributed by atoms with Crippen molar-refractivity contribution in [1.29, 1.82) is 0 Å². The van der Waals surface area contributed by atoms with E-state index in [0.29, 0.717) is 12.8 Å². The summed E-state index contributed by atoms with van der Waals surface area (Å²) in [5, 5.41) is 3.42. The predicted octanol–water partition coefficient (Wildman–Crippen LogP) is 2.91. The van der Waals surface area contributed by atoms with Gasteiger partial charge in [-0.15, -0.1) is 0 Å². The topological polar surface area (TPSA) is 95.4 Å². The molecule has 0 bridgehead atoms. The van der Waals surface area contributed by atoms with Crippen LogP contribution in [0.4, 0.5) is 4.79 Å². The average Bonchev–Trinajstić information content (AvgIpc) is 2.88. The van der Waals surface area contributed by atoms with Crippen LogP contribution in [0.3, 0.4) is 0 Å². The van der Waals surface area contributed by atoms with E-state index < -0.39 is 12.0 Å². The number of carbonyl (C=O) groups is 2. The highest BCUT2D eigenvalue weighted by molar-refractivity contribution is 5.94. The summed E-state index contributed by atoms with van der Waals surface area (Å²) in [5.41, 5.74) is 9.31. The fraction of sp³-hybridized carbons (Fsp3) is 0.467. The zero-order chi connectivity index (χ0) is 15.9. The monoisotopic (exact) mass is 302 g/mol. The third kappa shape index (κ3) is 3.77. The van der Waals surface area contributed by atoms with Gasteiger partial charge in [0, 0.05) is 17.4 Å². The lowest BCUT2D eigenvalue weighted by molar-refractivity contribution is -0.133. The van der Waals surface area contributed by atoms with E-state index in [1.807, 2.05) is 30.3 Å². The van der Waals surface area contributed by atoms with Gasteiger partial charge in [-0.25, -0.2) is 9.69 Å². The van der Waals surface area contributed by atoms with Crippen molar-refractivity contribution in [3.63, 3.8) is 0 Å². The average molecular weight is 302 g/mol. The van der Waals surface area contributed by atoms with Crippen LogP contribution in [0.15, 0.2) is 35.4 Å². The zero-order valence-electron chi connectivity index (χ0n) is 12.4. The summed E-state index contributed by atoms with van der Waals surface area (Å²) in [5.74, 6) is -0.675. The van der Waals surface area contributed by atoms with Crippen molar-refractivity contribution in [3.05, 3.63) is 46.3 Å². The van der Waals surface area contributed by atoms with Crippen molar-refractivity contribution in [3.8, 4) is 0 Å². The summed E-state index contributed by atoms with van der Waals surface area (Å²) in [6, 6.07) is 9.38. The van der Waals surface area contributed by atoms with Crippen LogP contribution in [0.1, 0.15) is 18.9 Å². The molecule has 1 fully saturated rings. The van der Waals surface area contributed by atoms with Crippen molar-refractivity contribution in [1.82, 2.24) is 4.90 Å². The Labute approximate surface area is 128 Å². The number of nitrogens with zero attached hydrogens (tertiary/aromatic N) is 4. The number of rotatable bonds is 6. The first kappa shape index (κ1) is 15.9. The molecule has 7 heteroatoms. The molecule has 1 aromatic carbocycles. The number of cyclic esters (lactones) is 1. The highest BCUT2D eigenvalue weighted by Gasteiger charge is 2.39. The molecule has 2 amide bonds. The molecule has 1 aliphatic heterocycles. The second kappa shape index (κ2) is 7.47. The number of azide groups is 1. The second-order valence-corrected chi connectivity index (χ2v) is 5.27. The number of hydrogen-bond acceptors (Lipinski definition) is 4. The molecule has 0 N–H and O–H groups in total. The quantitative estimate of drug-likeness (QED) is 0.459. The van der Waals surface area contributed by atoms with Crippen LogP contribution in [0, 0.1) is 5.92 Å². The van der Waals surface area contributed by atoms with Crippen molar-refractivity contribution in [2.75, 3.05) is 13.2 Å². The van der Waals surface area contributed by atoms with Gasteiger partial charge in [0.1, 0.15) is 6.61 Å². The van der Waals surface area contributed by atoms with Gasteiger partial charge in [-0.3, -0.25) is 4.79 Å². The molecule has 0 aliphatic carbocycles. The molecule has 0 aromatic heterocycles. The molecular formula is C15H18N4O3. The first-order valence-electron chi connectivity index (χ1n) is 7.18. The summed E-state index contributed by atoms with van der Waals surface area (Å²) >= 11 is 0. The normalized spacial score (nSPS) is 18.5. The molecule has 7 nitrogen and oxygen atoms in total. The van der Waals surface area contributed by atoms with E-state index in [9.17, 15) is 9.59 Å². The van der Waals surface area contributed by atoms with Crippen LogP contribution in [0.25, 0.3) is 10.4 Å². The molecule has 0 radical (unpaired) electrons. The van der Waals surface area contributed by atoms with Crippen LogP contribution in [-0.4, -0.2) is 36.1 Å². The molecule has 116 valence electrons. The van der Waals surface area contributed by atoms with Gasteiger partial charge in [0.25, 0.3) is 0 Å². The number of ether oxygens (including phenoxy) is 1. The van der Waals surface area contributed by atoms with E-state index in [2.05, 4.69) is 10.0 Å². The van der Waals surface area contributed by atoms with E-state index in [1.54, 1.807) is 6.92 Å². The number of benzene rings is 1. The predicted molar refractivity (Wildman–Crippen MR) is 79.9 cm³/mol. The summed E-state index contributed by atoms with van der Waals surface area (Å²) in [6.07, 6.45) is 0.383. The van der Waals surface area contributed by atoms with Gasteiger partial charge in [-0.05, 0) is 23.9 Å². The van der Waals surface area contributed by atoms with E-state index >= 15 is 0 Å². The molecule has 1 unspecified atom stereocenters. The minimum atomic E-state index is -0.596. The van der Waals surface area contributed by atoms with Crippen molar-refractivity contribution in [2.45, 2.75) is 25.8 Å². The minimum Gasteiger partial charge on any atom is -0.447 e. The van der Waals surface area contributed by atoms with Gasteiger partial charge in [0.15, 0.2) is 0 Å². The third-order valence-corrected chi connectivity index (χ3v) is 3.66. The van der Waals surface area contributed by atoms with Crippen LogP contribution in [0.2, 0.25) is 0 Å². The molecule has 0 spiro atoms. The molecule has 0 saturated carbocycles. The van der Waals surface area contributed by atoms with Gasteiger partial charge in [-0.1, -0.05) is 42.4 Å². The number of hydrogen-bond donors (Lipinski definition) is 0. The van der Waals surface area contributed by atoms with Gasteiger partial charge >= 0.3 is 6.09 Å². The fourth-order valence-electron chi connectivity index (χ4n) is 2.42. The maximum absolute atomic E-state index is 12.4. The molecule has 2 atom stereocenters. The second-order valence-electron chi connectivity index (χ2n) is 5.27. The highest BCUT2D eigenvalue weighted by Crippen LogP contribution is 2.21. The third-order valence-electron chi connectivity index (χ3n) is 3.66. The van der Waals surface area contributed by atoms with Crippen LogP contribution in [0.5, 0.6) is 0 Å². The first-order valence-corrected chi connectivity index (χ1v) is 7.18. The van der Waals surface area contributed by atoms with Crippen molar-refractivity contribution in [2.24, 2.45) is 11.0 Å². The Morgan fingerprint density at radius 1 is 1.50 bits per heavy atom. The SMILES string of the molecule is CC(CCN=[N+]=[N-])C(=O)N1C(=O)OC[C@H]1Cc1ccccc1. The Morgan fingerprint density at radius 2 is 2.23 bits per heavy atom. The van der Waals surface area contributed by atoms with Crippen molar-refractivity contribution >= 4 is 12.0 Å². The zero-order valence-corrected chi connectivity index (χ0v) is 12.4. The molecule has 2 rings (SSSR count). The molecule has 1 aromatic rings. The largest absolute Gasteiger partial charge is 0.447 e. The van der Waals surface area contributed by atoms with Gasteiger partial charge in [-0.2, -0.15) is 0 Å². The maximum Gasteiger partial charge on any atom is 0.416 e. The standard InChI is InChI=1S/C15H18N4O3/c1-11(7-8-17-18-16)14(20)19-13(10-22-15(19)21)9-12-5-3-2-4-6-12/h2-6,11,13H,7-10H2,1H3/t11?,13-/m1/s1. The molecule has 22 heavy (non-hydrogen) atoms. The lowest BCUT2D eigenvalue weighted by Crippen LogP contribution is -2.43. The lowest BCUT2D eigenvalue weighted by Gasteiger charge is -2.22. The fourth-order valence-corrected chi connectivity index (χ4v) is 2.42. The highest BCUT2D eigenvalue weighted by atomic mass is 16.6. The first-order chi connectivity index (χ1) is 10.6. The van der Waals surface area contributed by atoms with Crippen LogP contribution >= 0.6 is 0 Å². The maximum atomic E-state index is 12.4. The van der Waals surface area contributed by atoms with Gasteiger partial charge in [0.05, 0.1) is 6.04 Å². The Balaban J connectivity index is 2.03. The van der Waals surface area contributed by atoms with E-state index in [4.69, 9.17) is 10.3 Å². The van der Waals surface area contributed by atoms with E-state index in [-0.39, 0.29) is 25.1 Å². The number of amides is 2. The Bertz CT molecular complexity index is 584. The Morgan fingerprint density at radius 3 is 2.91 bits per heavy atom. The van der Waals surface area contributed by atoms with Gasteiger partial charge < -0.3 is 4.74 Å². The van der Waals surface area contributed by atoms with Crippen LogP contribution < -0.4 is 0 Å². The Hall–Kier alpha value is -2.53. The van der Waals surface area contributed by atoms with Crippen molar-refractivity contribution < 1.29 is 14.3 Å². The Kier molecular flexibility index (Phi) is 5.38. The molecule has 1 aliphatic rings.